The van der Waals surface area contributed by atoms with Crippen LogP contribution >= 0.6 is 15.9 Å². The second kappa shape index (κ2) is 6.34. The molecule has 116 valence electrons. The third kappa shape index (κ3) is 3.17. The number of nitrogens with zero attached hydrogens (tertiary/aromatic N) is 1. The van der Waals surface area contributed by atoms with Crippen molar-refractivity contribution in [3.8, 4) is 0 Å². The largest absolute Gasteiger partial charge is 0.350 e. The first-order valence-corrected chi connectivity index (χ1v) is 7.82. The zero-order chi connectivity index (χ0) is 16.4. The molecule has 0 atom stereocenters. The Hall–Kier alpha value is -2.47. The molecule has 1 N–H and O–H groups in total. The summed E-state index contributed by atoms with van der Waals surface area (Å²) in [5.74, 6) is -1.57. The maximum Gasteiger partial charge on any atom is 0.299 e. The van der Waals surface area contributed by atoms with Gasteiger partial charge in [-0.3, -0.25) is 19.3 Å². The third-order valence-corrected chi connectivity index (χ3v) is 4.06. The van der Waals surface area contributed by atoms with E-state index >= 15 is 0 Å². The molecule has 0 bridgehead atoms. The van der Waals surface area contributed by atoms with Crippen molar-refractivity contribution < 1.29 is 14.4 Å². The SMILES string of the molecule is O=C(CN1C(=O)C(=O)c2cc(Br)ccc21)NCc1ccccc1. The number of amides is 2. The molecule has 0 saturated carbocycles. The summed E-state index contributed by atoms with van der Waals surface area (Å²) in [4.78, 5) is 37.3. The maximum absolute atomic E-state index is 12.1. The second-order valence-corrected chi connectivity index (χ2v) is 6.06. The number of hydrogen-bond acceptors (Lipinski definition) is 3. The van der Waals surface area contributed by atoms with Gasteiger partial charge in [0, 0.05) is 11.0 Å². The number of carbonyl (C=O) groups excluding carboxylic acids is 3. The standard InChI is InChI=1S/C17H13BrN2O3/c18-12-6-7-14-13(8-12)16(22)17(23)20(14)10-15(21)19-9-11-4-2-1-3-5-11/h1-8H,9-10H2,(H,19,21). The minimum absolute atomic E-state index is 0.175. The number of hydrogen-bond donors (Lipinski definition) is 1. The molecule has 1 aliphatic rings. The van der Waals surface area contributed by atoms with Gasteiger partial charge in [-0.05, 0) is 23.8 Å². The lowest BCUT2D eigenvalue weighted by Crippen LogP contribution is -2.39. The van der Waals surface area contributed by atoms with Gasteiger partial charge in [0.05, 0.1) is 11.3 Å². The van der Waals surface area contributed by atoms with E-state index in [1.54, 1.807) is 18.2 Å². The molecule has 1 heterocycles. The molecule has 0 aromatic heterocycles. The third-order valence-electron chi connectivity index (χ3n) is 3.57. The van der Waals surface area contributed by atoms with E-state index in [1.165, 1.54) is 4.90 Å². The second-order valence-electron chi connectivity index (χ2n) is 5.14. The minimum atomic E-state index is -0.673. The number of ketones is 1. The van der Waals surface area contributed by atoms with Gasteiger partial charge in [-0.15, -0.1) is 0 Å². The van der Waals surface area contributed by atoms with Gasteiger partial charge in [0.15, 0.2) is 0 Å². The number of halogens is 1. The van der Waals surface area contributed by atoms with E-state index in [-0.39, 0.29) is 12.5 Å². The van der Waals surface area contributed by atoms with Crippen LogP contribution in [0, 0.1) is 0 Å². The summed E-state index contributed by atoms with van der Waals surface area (Å²) in [6.45, 7) is 0.203. The highest BCUT2D eigenvalue weighted by molar-refractivity contribution is 9.10. The van der Waals surface area contributed by atoms with E-state index in [2.05, 4.69) is 21.2 Å². The Balaban J connectivity index is 1.69. The molecule has 5 nitrogen and oxygen atoms in total. The van der Waals surface area contributed by atoms with Gasteiger partial charge in [-0.25, -0.2) is 0 Å². The zero-order valence-electron chi connectivity index (χ0n) is 12.1. The van der Waals surface area contributed by atoms with Crippen LogP contribution in [0.4, 0.5) is 5.69 Å². The lowest BCUT2D eigenvalue weighted by atomic mass is 10.1. The van der Waals surface area contributed by atoms with Gasteiger partial charge in [0.2, 0.25) is 5.91 Å². The molecular weight excluding hydrogens is 360 g/mol. The molecule has 2 amide bonds. The van der Waals surface area contributed by atoms with Crippen LogP contribution in [0.2, 0.25) is 0 Å². The minimum Gasteiger partial charge on any atom is -0.350 e. The Morgan fingerprint density at radius 1 is 1.09 bits per heavy atom. The molecule has 0 unspecified atom stereocenters. The van der Waals surface area contributed by atoms with E-state index in [1.807, 2.05) is 30.3 Å². The highest BCUT2D eigenvalue weighted by Gasteiger charge is 2.36. The molecular formula is C17H13BrN2O3. The average Bonchev–Trinajstić information content (AvgIpc) is 2.79. The molecule has 3 rings (SSSR count). The van der Waals surface area contributed by atoms with Crippen molar-refractivity contribution in [2.75, 3.05) is 11.4 Å². The fraction of sp³-hybridized carbons (Fsp3) is 0.118. The van der Waals surface area contributed by atoms with Gasteiger partial charge >= 0.3 is 0 Å². The monoisotopic (exact) mass is 372 g/mol. The molecule has 23 heavy (non-hydrogen) atoms. The van der Waals surface area contributed by atoms with Crippen LogP contribution in [-0.2, 0) is 16.1 Å². The number of rotatable bonds is 4. The molecule has 0 aliphatic carbocycles. The van der Waals surface area contributed by atoms with Crippen molar-refractivity contribution in [3.05, 3.63) is 64.1 Å². The normalized spacial score (nSPS) is 13.2. The Morgan fingerprint density at radius 3 is 2.57 bits per heavy atom. The van der Waals surface area contributed by atoms with Crippen molar-refractivity contribution in [1.29, 1.82) is 0 Å². The number of benzene rings is 2. The summed E-state index contributed by atoms with van der Waals surface area (Å²) in [5.41, 5.74) is 1.76. The highest BCUT2D eigenvalue weighted by Crippen LogP contribution is 2.31. The first kappa shape index (κ1) is 15.4. The first-order chi connectivity index (χ1) is 11.1. The molecule has 2 aromatic rings. The van der Waals surface area contributed by atoms with E-state index in [9.17, 15) is 14.4 Å². The Bertz CT molecular complexity index is 790. The average molecular weight is 373 g/mol. The molecule has 2 aromatic carbocycles. The van der Waals surface area contributed by atoms with E-state index in [4.69, 9.17) is 0 Å². The van der Waals surface area contributed by atoms with Crippen molar-refractivity contribution >= 4 is 39.2 Å². The van der Waals surface area contributed by atoms with Gasteiger partial charge in [-0.1, -0.05) is 46.3 Å². The topological polar surface area (TPSA) is 66.5 Å². The molecule has 0 radical (unpaired) electrons. The number of nitrogens with one attached hydrogen (secondary N) is 1. The fourth-order valence-corrected chi connectivity index (χ4v) is 2.79. The summed E-state index contributed by atoms with van der Waals surface area (Å²) < 4.78 is 0.716. The van der Waals surface area contributed by atoms with E-state index < -0.39 is 11.7 Å². The molecule has 0 fully saturated rings. The Morgan fingerprint density at radius 2 is 1.83 bits per heavy atom. The maximum atomic E-state index is 12.1. The van der Waals surface area contributed by atoms with Crippen LogP contribution in [0.1, 0.15) is 15.9 Å². The Kier molecular flexibility index (Phi) is 4.25. The van der Waals surface area contributed by atoms with Crippen molar-refractivity contribution in [3.63, 3.8) is 0 Å². The summed E-state index contributed by atoms with van der Waals surface area (Å²) in [7, 11) is 0. The van der Waals surface area contributed by atoms with Crippen molar-refractivity contribution in [2.24, 2.45) is 0 Å². The highest BCUT2D eigenvalue weighted by atomic mass is 79.9. The quantitative estimate of drug-likeness (QED) is 0.837. The smallest absolute Gasteiger partial charge is 0.299 e. The van der Waals surface area contributed by atoms with Gasteiger partial charge in [0.25, 0.3) is 11.7 Å². The number of anilines is 1. The van der Waals surface area contributed by atoms with Crippen LogP contribution in [0.15, 0.2) is 53.0 Å². The lowest BCUT2D eigenvalue weighted by Gasteiger charge is -2.16. The molecule has 0 spiro atoms. The zero-order valence-corrected chi connectivity index (χ0v) is 13.7. The summed E-state index contributed by atoms with van der Waals surface area (Å²) in [6.07, 6.45) is 0. The van der Waals surface area contributed by atoms with Crippen molar-refractivity contribution in [1.82, 2.24) is 5.32 Å². The molecule has 6 heteroatoms. The van der Waals surface area contributed by atoms with Crippen LogP contribution in [0.25, 0.3) is 0 Å². The van der Waals surface area contributed by atoms with Crippen molar-refractivity contribution in [2.45, 2.75) is 6.54 Å². The summed E-state index contributed by atoms with van der Waals surface area (Å²) in [6, 6.07) is 14.5. The predicted octanol–water partition coefficient (Wildman–Crippen LogP) is 2.29. The lowest BCUT2D eigenvalue weighted by molar-refractivity contribution is -0.122. The van der Waals surface area contributed by atoms with Crippen LogP contribution in [0.3, 0.4) is 0 Å². The summed E-state index contributed by atoms with van der Waals surface area (Å²) >= 11 is 3.27. The summed E-state index contributed by atoms with van der Waals surface area (Å²) in [5, 5.41) is 2.75. The van der Waals surface area contributed by atoms with E-state index in [0.717, 1.165) is 5.56 Å². The van der Waals surface area contributed by atoms with Gasteiger partial charge in [-0.2, -0.15) is 0 Å². The predicted molar refractivity (Wildman–Crippen MR) is 89.1 cm³/mol. The van der Waals surface area contributed by atoms with Gasteiger partial charge in [0.1, 0.15) is 6.54 Å². The number of carbonyl (C=O) groups is 3. The van der Waals surface area contributed by atoms with E-state index in [0.29, 0.717) is 22.3 Å². The first-order valence-electron chi connectivity index (χ1n) is 7.02. The number of fused-ring (bicyclic) bond motifs is 1. The Labute approximate surface area is 141 Å². The van der Waals surface area contributed by atoms with Crippen LogP contribution in [0.5, 0.6) is 0 Å². The molecule has 0 saturated heterocycles. The van der Waals surface area contributed by atoms with Gasteiger partial charge < -0.3 is 5.32 Å². The fourth-order valence-electron chi connectivity index (χ4n) is 2.43. The van der Waals surface area contributed by atoms with Crippen LogP contribution in [-0.4, -0.2) is 24.1 Å². The molecule has 1 aliphatic heterocycles. The van der Waals surface area contributed by atoms with Crippen LogP contribution < -0.4 is 10.2 Å². The number of Topliss-reactive ketones (excluding diaryl/α,β-unsaturated/α-hetero) is 1.